The van der Waals surface area contributed by atoms with Crippen LogP contribution in [0.25, 0.3) is 0 Å². The van der Waals surface area contributed by atoms with Crippen molar-refractivity contribution >= 4 is 29.0 Å². The van der Waals surface area contributed by atoms with Gasteiger partial charge in [0.25, 0.3) is 0 Å². The molecular formula is C26H37N3O7. The van der Waals surface area contributed by atoms with E-state index in [0.717, 1.165) is 16.9 Å². The zero-order chi connectivity index (χ0) is 26.5. The molecule has 0 fully saturated rings. The fraction of sp³-hybridized carbons (Fsp3) is 0.462. The Morgan fingerprint density at radius 1 is 0.833 bits per heavy atom. The van der Waals surface area contributed by atoms with E-state index in [0.29, 0.717) is 50.1 Å². The van der Waals surface area contributed by atoms with Gasteiger partial charge in [-0.05, 0) is 43.7 Å². The van der Waals surface area contributed by atoms with Crippen LogP contribution in [-0.4, -0.2) is 79.3 Å². The molecule has 198 valence electrons. The van der Waals surface area contributed by atoms with Crippen molar-refractivity contribution in [2.24, 2.45) is 0 Å². The van der Waals surface area contributed by atoms with E-state index in [1.807, 2.05) is 47.9 Å². The molecule has 2 aromatic rings. The molecule has 0 saturated heterocycles. The van der Waals surface area contributed by atoms with Crippen LogP contribution in [0.5, 0.6) is 11.5 Å². The molecule has 0 heterocycles. The molecule has 0 aliphatic heterocycles. The molecule has 0 unspecified atom stereocenters. The Morgan fingerprint density at radius 3 is 1.92 bits per heavy atom. The standard InChI is InChI=1S/C26H37N3O7/c1-6-36-24-16-20(27)8-10-22(24)29(18-26(31)34-5)12-14-35-13-11-28(17-25(30)33-4)21-9-7-19(2)15-23(21)32-3/h7-10,15-16H,6,11-14,17-18,27H2,1-5H3. The number of nitrogens with zero attached hydrogens (tertiary/aromatic N) is 2. The molecule has 0 radical (unpaired) electrons. The largest absolute Gasteiger partial charge is 0.495 e. The first kappa shape index (κ1) is 28.6. The topological polar surface area (TPSA) is 113 Å². The van der Waals surface area contributed by atoms with Gasteiger partial charge < -0.3 is 39.2 Å². The number of nitrogen functional groups attached to an aromatic ring is 1. The van der Waals surface area contributed by atoms with E-state index in [1.54, 1.807) is 19.2 Å². The van der Waals surface area contributed by atoms with Gasteiger partial charge in [0, 0.05) is 24.8 Å². The minimum absolute atomic E-state index is 0.0267. The van der Waals surface area contributed by atoms with E-state index in [1.165, 1.54) is 14.2 Å². The van der Waals surface area contributed by atoms with Gasteiger partial charge >= 0.3 is 11.9 Å². The summed E-state index contributed by atoms with van der Waals surface area (Å²) in [4.78, 5) is 27.7. The third-order valence-electron chi connectivity index (χ3n) is 5.41. The lowest BCUT2D eigenvalue weighted by molar-refractivity contribution is -0.139. The average Bonchev–Trinajstić information content (AvgIpc) is 2.87. The highest BCUT2D eigenvalue weighted by molar-refractivity contribution is 5.78. The first-order chi connectivity index (χ1) is 17.3. The summed E-state index contributed by atoms with van der Waals surface area (Å²) in [5.41, 5.74) is 9.01. The summed E-state index contributed by atoms with van der Waals surface area (Å²) in [5, 5.41) is 0. The van der Waals surface area contributed by atoms with Crippen molar-refractivity contribution in [3.05, 3.63) is 42.0 Å². The number of hydrogen-bond acceptors (Lipinski definition) is 10. The average molecular weight is 504 g/mol. The maximum Gasteiger partial charge on any atom is 0.325 e. The van der Waals surface area contributed by atoms with Crippen molar-refractivity contribution in [3.8, 4) is 11.5 Å². The summed E-state index contributed by atoms with van der Waals surface area (Å²) in [7, 11) is 4.29. The number of anilines is 3. The smallest absolute Gasteiger partial charge is 0.325 e. The van der Waals surface area contributed by atoms with Gasteiger partial charge in [-0.25, -0.2) is 0 Å². The second kappa shape index (κ2) is 14.7. The van der Waals surface area contributed by atoms with Crippen LogP contribution in [0.1, 0.15) is 12.5 Å². The molecule has 0 atom stereocenters. The van der Waals surface area contributed by atoms with Crippen LogP contribution in [0.2, 0.25) is 0 Å². The number of benzene rings is 2. The molecule has 0 spiro atoms. The highest BCUT2D eigenvalue weighted by Gasteiger charge is 2.18. The van der Waals surface area contributed by atoms with E-state index < -0.39 is 0 Å². The van der Waals surface area contributed by atoms with Crippen molar-refractivity contribution < 1.29 is 33.3 Å². The maximum atomic E-state index is 12.0. The monoisotopic (exact) mass is 503 g/mol. The molecule has 0 saturated carbocycles. The van der Waals surface area contributed by atoms with Gasteiger partial charge in [-0.1, -0.05) is 6.07 Å². The highest BCUT2D eigenvalue weighted by Crippen LogP contribution is 2.31. The molecule has 36 heavy (non-hydrogen) atoms. The number of carbonyl (C=O) groups excluding carboxylic acids is 2. The van der Waals surface area contributed by atoms with Crippen molar-refractivity contribution in [3.63, 3.8) is 0 Å². The van der Waals surface area contributed by atoms with Crippen molar-refractivity contribution in [1.82, 2.24) is 0 Å². The fourth-order valence-corrected chi connectivity index (χ4v) is 3.57. The van der Waals surface area contributed by atoms with Crippen LogP contribution >= 0.6 is 0 Å². The lowest BCUT2D eigenvalue weighted by atomic mass is 10.2. The Hall–Kier alpha value is -3.66. The van der Waals surface area contributed by atoms with Crippen molar-refractivity contribution in [2.45, 2.75) is 13.8 Å². The summed E-state index contributed by atoms with van der Waals surface area (Å²) >= 11 is 0. The van der Waals surface area contributed by atoms with Gasteiger partial charge in [-0.15, -0.1) is 0 Å². The van der Waals surface area contributed by atoms with E-state index in [9.17, 15) is 9.59 Å². The van der Waals surface area contributed by atoms with E-state index >= 15 is 0 Å². The highest BCUT2D eigenvalue weighted by atomic mass is 16.5. The van der Waals surface area contributed by atoms with Crippen LogP contribution < -0.4 is 25.0 Å². The quantitative estimate of drug-likeness (QED) is 0.221. The molecular weight excluding hydrogens is 466 g/mol. The zero-order valence-electron chi connectivity index (χ0n) is 21.7. The molecule has 0 amide bonds. The Balaban J connectivity index is 2.07. The minimum Gasteiger partial charge on any atom is -0.495 e. The minimum atomic E-state index is -0.384. The predicted molar refractivity (Wildman–Crippen MR) is 139 cm³/mol. The Labute approximate surface area is 212 Å². The molecule has 2 N–H and O–H groups in total. The lowest BCUT2D eigenvalue weighted by Gasteiger charge is -2.27. The van der Waals surface area contributed by atoms with Crippen molar-refractivity contribution in [2.75, 3.05) is 82.9 Å². The number of nitrogens with two attached hydrogens (primary N) is 1. The molecule has 2 rings (SSSR count). The molecule has 10 nitrogen and oxygen atoms in total. The van der Waals surface area contributed by atoms with Gasteiger partial charge in [-0.2, -0.15) is 0 Å². The third-order valence-corrected chi connectivity index (χ3v) is 5.41. The third kappa shape index (κ3) is 8.53. The Morgan fingerprint density at radius 2 is 1.39 bits per heavy atom. The van der Waals surface area contributed by atoms with Gasteiger partial charge in [-0.3, -0.25) is 9.59 Å². The second-order valence-electron chi connectivity index (χ2n) is 7.94. The molecule has 0 aliphatic rings. The normalized spacial score (nSPS) is 10.5. The van der Waals surface area contributed by atoms with Gasteiger partial charge in [0.2, 0.25) is 0 Å². The molecule has 10 heteroatoms. The Bertz CT molecular complexity index is 999. The van der Waals surface area contributed by atoms with Gasteiger partial charge in [0.15, 0.2) is 0 Å². The number of rotatable bonds is 15. The van der Waals surface area contributed by atoms with Crippen molar-refractivity contribution in [1.29, 1.82) is 0 Å². The molecule has 2 aromatic carbocycles. The Kier molecular flexibility index (Phi) is 11.6. The maximum absolute atomic E-state index is 12.0. The number of hydrogen-bond donors (Lipinski definition) is 1. The summed E-state index contributed by atoms with van der Waals surface area (Å²) in [6.07, 6.45) is 0. The fourth-order valence-electron chi connectivity index (χ4n) is 3.57. The first-order valence-electron chi connectivity index (χ1n) is 11.7. The molecule has 0 bridgehead atoms. The summed E-state index contributed by atoms with van der Waals surface area (Å²) in [5.74, 6) is 0.491. The molecule has 0 aliphatic carbocycles. The van der Waals surface area contributed by atoms with Gasteiger partial charge in [0.1, 0.15) is 24.6 Å². The first-order valence-corrected chi connectivity index (χ1v) is 11.7. The number of esters is 2. The van der Waals surface area contributed by atoms with Gasteiger partial charge in [0.05, 0.1) is 52.5 Å². The van der Waals surface area contributed by atoms with E-state index in [-0.39, 0.29) is 25.0 Å². The second-order valence-corrected chi connectivity index (χ2v) is 7.94. The summed E-state index contributed by atoms with van der Waals surface area (Å²) in [6.45, 7) is 5.88. The van der Waals surface area contributed by atoms with Crippen LogP contribution in [-0.2, 0) is 23.8 Å². The predicted octanol–water partition coefficient (Wildman–Crippen LogP) is 2.66. The summed E-state index contributed by atoms with van der Waals surface area (Å²) < 4.78 is 26.9. The number of aryl methyl sites for hydroxylation is 1. The zero-order valence-corrected chi connectivity index (χ0v) is 21.7. The number of carbonyl (C=O) groups is 2. The molecule has 0 aromatic heterocycles. The van der Waals surface area contributed by atoms with Crippen LogP contribution in [0, 0.1) is 6.92 Å². The van der Waals surface area contributed by atoms with E-state index in [4.69, 9.17) is 29.4 Å². The van der Waals surface area contributed by atoms with Crippen LogP contribution in [0.15, 0.2) is 36.4 Å². The van der Waals surface area contributed by atoms with Crippen LogP contribution in [0.3, 0.4) is 0 Å². The number of methoxy groups -OCH3 is 3. The summed E-state index contributed by atoms with van der Waals surface area (Å²) in [6, 6.07) is 11.1. The van der Waals surface area contributed by atoms with E-state index in [2.05, 4.69) is 0 Å². The van der Waals surface area contributed by atoms with Crippen LogP contribution in [0.4, 0.5) is 17.1 Å². The SMILES string of the molecule is CCOc1cc(N)ccc1N(CCOCCN(CC(=O)OC)c1ccc(C)cc1OC)CC(=O)OC. The lowest BCUT2D eigenvalue weighted by Crippen LogP contribution is -2.36. The number of ether oxygens (including phenoxy) is 5.